The third-order valence-electron chi connectivity index (χ3n) is 4.50. The van der Waals surface area contributed by atoms with Gasteiger partial charge in [0.05, 0.1) is 5.69 Å². The number of nitrogens with two attached hydrogens (primary N) is 1. The Kier molecular flexibility index (Phi) is 2.43. The van der Waals surface area contributed by atoms with Crippen molar-refractivity contribution in [2.24, 2.45) is 10.7 Å². The predicted molar refractivity (Wildman–Crippen MR) is 81.2 cm³/mol. The molecule has 0 amide bonds. The molecular weight excluding hydrogens is 264 g/mol. The molecule has 1 aliphatic heterocycles. The summed E-state index contributed by atoms with van der Waals surface area (Å²) in [4.78, 5) is 4.52. The van der Waals surface area contributed by atoms with Crippen LogP contribution < -0.4 is 5.73 Å². The van der Waals surface area contributed by atoms with Crippen LogP contribution in [-0.2, 0) is 17.6 Å². The molecule has 1 spiro atoms. The highest BCUT2D eigenvalue weighted by Gasteiger charge is 2.41. The lowest BCUT2D eigenvalue weighted by atomic mass is 9.98. The van der Waals surface area contributed by atoms with Crippen LogP contribution in [0.4, 0.5) is 0 Å². The van der Waals surface area contributed by atoms with Gasteiger partial charge in [-0.3, -0.25) is 5.10 Å². The van der Waals surface area contributed by atoms with Crippen LogP contribution in [0.5, 0.6) is 0 Å². The molecule has 0 radical (unpaired) electrons. The van der Waals surface area contributed by atoms with Crippen LogP contribution in [0.25, 0.3) is 11.1 Å². The first-order valence-corrected chi connectivity index (χ1v) is 7.18. The highest BCUT2D eigenvalue weighted by molar-refractivity contribution is 5.75. The zero-order valence-corrected chi connectivity index (χ0v) is 12.2. The number of H-pyrrole nitrogens is 1. The van der Waals surface area contributed by atoms with E-state index in [1.807, 2.05) is 6.92 Å². The minimum Gasteiger partial charge on any atom is -0.463 e. The van der Waals surface area contributed by atoms with Crippen LogP contribution in [0.1, 0.15) is 22.5 Å². The zero-order valence-electron chi connectivity index (χ0n) is 12.2. The number of rotatable bonds is 1. The normalized spacial score (nSPS) is 23.2. The van der Waals surface area contributed by atoms with Crippen molar-refractivity contribution in [2.75, 3.05) is 6.61 Å². The first kappa shape index (κ1) is 12.4. The molecule has 2 aliphatic rings. The van der Waals surface area contributed by atoms with Crippen molar-refractivity contribution in [3.63, 3.8) is 0 Å². The molecule has 5 nitrogen and oxygen atoms in total. The molecule has 0 saturated carbocycles. The Hall–Kier alpha value is -2.30. The molecule has 2 aromatic rings. The Balaban J connectivity index is 1.74. The lowest BCUT2D eigenvalue weighted by molar-refractivity contribution is 0.258. The van der Waals surface area contributed by atoms with E-state index >= 15 is 0 Å². The number of aryl methyl sites for hydroxylation is 2. The second-order valence-electron chi connectivity index (χ2n) is 6.11. The highest BCUT2D eigenvalue weighted by Crippen LogP contribution is 2.38. The van der Waals surface area contributed by atoms with Crippen molar-refractivity contribution in [3.8, 4) is 11.1 Å². The molecule has 21 heavy (non-hydrogen) atoms. The summed E-state index contributed by atoms with van der Waals surface area (Å²) in [5.74, 6) is 0. The molecule has 0 bridgehead atoms. The quantitative estimate of drug-likeness (QED) is 0.838. The number of benzene rings is 1. The molecule has 1 aromatic carbocycles. The summed E-state index contributed by atoms with van der Waals surface area (Å²) in [7, 11) is 0. The third kappa shape index (κ3) is 1.84. The fraction of sp³-hybridized carbons (Fsp3) is 0.375. The fourth-order valence-corrected chi connectivity index (χ4v) is 3.55. The summed E-state index contributed by atoms with van der Waals surface area (Å²) in [6.07, 6.45) is 1.81. The van der Waals surface area contributed by atoms with E-state index in [0.717, 1.165) is 24.2 Å². The van der Waals surface area contributed by atoms with Gasteiger partial charge in [0, 0.05) is 24.1 Å². The second kappa shape index (κ2) is 4.10. The molecule has 1 aromatic heterocycles. The van der Waals surface area contributed by atoms with Crippen molar-refractivity contribution >= 4 is 6.02 Å². The molecule has 3 N–H and O–H groups in total. The summed E-state index contributed by atoms with van der Waals surface area (Å²) in [6.45, 7) is 4.68. The number of aromatic amines is 1. The summed E-state index contributed by atoms with van der Waals surface area (Å²) in [5, 5.41) is 7.33. The van der Waals surface area contributed by atoms with Crippen molar-refractivity contribution < 1.29 is 4.74 Å². The van der Waals surface area contributed by atoms with Crippen molar-refractivity contribution in [1.29, 1.82) is 0 Å². The number of ether oxygens (including phenoxy) is 1. The molecule has 108 valence electrons. The van der Waals surface area contributed by atoms with E-state index in [1.165, 1.54) is 22.3 Å². The van der Waals surface area contributed by atoms with Crippen LogP contribution in [0, 0.1) is 13.8 Å². The summed E-state index contributed by atoms with van der Waals surface area (Å²) >= 11 is 0. The summed E-state index contributed by atoms with van der Waals surface area (Å²) < 4.78 is 5.38. The monoisotopic (exact) mass is 282 g/mol. The van der Waals surface area contributed by atoms with Crippen molar-refractivity contribution in [2.45, 2.75) is 32.2 Å². The van der Waals surface area contributed by atoms with Crippen LogP contribution in [-0.4, -0.2) is 28.4 Å². The molecule has 1 atom stereocenters. The summed E-state index contributed by atoms with van der Waals surface area (Å²) in [6, 6.07) is 6.96. The van der Waals surface area contributed by atoms with Crippen LogP contribution in [0.15, 0.2) is 23.2 Å². The number of fused-ring (bicyclic) bond motifs is 1. The van der Waals surface area contributed by atoms with Gasteiger partial charge in [-0.2, -0.15) is 5.10 Å². The van der Waals surface area contributed by atoms with Gasteiger partial charge in [0.15, 0.2) is 0 Å². The smallest absolute Gasteiger partial charge is 0.282 e. The number of hydrogen-bond acceptors (Lipinski definition) is 4. The lowest BCUT2D eigenvalue weighted by Gasteiger charge is -2.15. The van der Waals surface area contributed by atoms with E-state index in [4.69, 9.17) is 10.5 Å². The number of nitrogens with zero attached hydrogens (tertiary/aromatic N) is 2. The first-order chi connectivity index (χ1) is 10.1. The molecule has 2 heterocycles. The van der Waals surface area contributed by atoms with Gasteiger partial charge in [-0.15, -0.1) is 0 Å². The van der Waals surface area contributed by atoms with Gasteiger partial charge >= 0.3 is 0 Å². The van der Waals surface area contributed by atoms with E-state index < -0.39 is 0 Å². The zero-order chi connectivity index (χ0) is 14.6. The topological polar surface area (TPSA) is 76.3 Å². The van der Waals surface area contributed by atoms with Gasteiger partial charge in [0.2, 0.25) is 0 Å². The summed E-state index contributed by atoms with van der Waals surface area (Å²) in [5.41, 5.74) is 12.7. The van der Waals surface area contributed by atoms with E-state index in [0.29, 0.717) is 12.6 Å². The minimum atomic E-state index is -0.175. The number of aliphatic imine (C=N–C) groups is 1. The Morgan fingerprint density at radius 1 is 1.24 bits per heavy atom. The molecule has 1 unspecified atom stereocenters. The largest absolute Gasteiger partial charge is 0.463 e. The van der Waals surface area contributed by atoms with Crippen LogP contribution in [0.3, 0.4) is 0 Å². The Morgan fingerprint density at radius 2 is 2.05 bits per heavy atom. The highest BCUT2D eigenvalue weighted by atomic mass is 16.5. The van der Waals surface area contributed by atoms with Gasteiger partial charge in [-0.25, -0.2) is 4.99 Å². The van der Waals surface area contributed by atoms with Crippen LogP contribution in [0.2, 0.25) is 0 Å². The van der Waals surface area contributed by atoms with Gasteiger partial charge in [0.25, 0.3) is 6.02 Å². The Bertz CT molecular complexity index is 742. The molecule has 4 rings (SSSR count). The van der Waals surface area contributed by atoms with Gasteiger partial charge in [-0.05, 0) is 30.5 Å². The average molecular weight is 282 g/mol. The van der Waals surface area contributed by atoms with Gasteiger partial charge in [-0.1, -0.05) is 18.2 Å². The molecular formula is C16H18N4O. The van der Waals surface area contributed by atoms with E-state index in [2.05, 4.69) is 40.3 Å². The van der Waals surface area contributed by atoms with E-state index in [9.17, 15) is 0 Å². The van der Waals surface area contributed by atoms with Gasteiger partial charge < -0.3 is 10.5 Å². The number of nitrogens with one attached hydrogen (secondary N) is 1. The average Bonchev–Trinajstić information content (AvgIpc) is 3.08. The number of aromatic nitrogens is 2. The fourth-order valence-electron chi connectivity index (χ4n) is 3.55. The number of hydrogen-bond donors (Lipinski definition) is 2. The molecule has 0 fully saturated rings. The molecule has 0 saturated heterocycles. The lowest BCUT2D eigenvalue weighted by Crippen LogP contribution is -2.28. The van der Waals surface area contributed by atoms with Crippen molar-refractivity contribution in [3.05, 3.63) is 40.7 Å². The maximum absolute atomic E-state index is 5.69. The number of amidine groups is 1. The first-order valence-electron chi connectivity index (χ1n) is 7.18. The Morgan fingerprint density at radius 3 is 2.71 bits per heavy atom. The predicted octanol–water partition coefficient (Wildman–Crippen LogP) is 1.88. The third-order valence-corrected chi connectivity index (χ3v) is 4.50. The second-order valence-corrected chi connectivity index (χ2v) is 6.11. The molecule has 1 aliphatic carbocycles. The maximum Gasteiger partial charge on any atom is 0.282 e. The van der Waals surface area contributed by atoms with Crippen molar-refractivity contribution in [1.82, 2.24) is 10.2 Å². The molecule has 5 heteroatoms. The SMILES string of the molecule is Cc1n[nH]c(C)c1-c1ccc2c(c1)CC1(COC(N)=N1)C2. The van der Waals surface area contributed by atoms with E-state index in [-0.39, 0.29) is 5.54 Å². The maximum atomic E-state index is 5.69. The standard InChI is InChI=1S/C16H18N4O/c1-9-14(10(2)20-19-9)11-3-4-12-6-16(7-13(12)5-11)8-21-15(17)18-16/h3-5H,6-8H2,1-2H3,(H2,17,18)(H,19,20). The Labute approximate surface area is 123 Å². The van der Waals surface area contributed by atoms with E-state index in [1.54, 1.807) is 0 Å². The minimum absolute atomic E-state index is 0.175. The van der Waals surface area contributed by atoms with Gasteiger partial charge in [0.1, 0.15) is 12.1 Å². The van der Waals surface area contributed by atoms with Crippen LogP contribution >= 0.6 is 0 Å².